The molecule has 2 aliphatic heterocycles. The Morgan fingerprint density at radius 2 is 1.70 bits per heavy atom. The van der Waals surface area contributed by atoms with E-state index in [4.69, 9.17) is 16.6 Å². The zero-order valence-corrected chi connectivity index (χ0v) is 32.2. The van der Waals surface area contributed by atoms with Gasteiger partial charge in [-0.3, -0.25) is 14.8 Å². The maximum absolute atomic E-state index is 12.1. The molecule has 3 rings (SSSR count). The highest BCUT2D eigenvalue weighted by atomic mass is 35.5. The van der Waals surface area contributed by atoms with E-state index in [2.05, 4.69) is 49.5 Å². The van der Waals surface area contributed by atoms with Gasteiger partial charge >= 0.3 is 0 Å². The van der Waals surface area contributed by atoms with Crippen LogP contribution in [0.1, 0.15) is 101 Å². The highest BCUT2D eigenvalue weighted by Gasteiger charge is 2.36. The molecule has 0 aromatic heterocycles. The van der Waals surface area contributed by atoms with Gasteiger partial charge in [-0.05, 0) is 50.5 Å². The van der Waals surface area contributed by atoms with Gasteiger partial charge in [-0.25, -0.2) is 13.2 Å². The minimum Gasteiger partial charge on any atom is -0.351 e. The van der Waals surface area contributed by atoms with Crippen LogP contribution in [0.3, 0.4) is 0 Å². The van der Waals surface area contributed by atoms with Gasteiger partial charge in [0, 0.05) is 48.1 Å². The Morgan fingerprint density at radius 1 is 1.15 bits per heavy atom. The maximum atomic E-state index is 12.1. The minimum absolute atomic E-state index is 0.00885. The van der Waals surface area contributed by atoms with E-state index in [9.17, 15) is 18.0 Å². The molecule has 1 saturated heterocycles. The summed E-state index contributed by atoms with van der Waals surface area (Å²) in [6.45, 7) is 24.5. The van der Waals surface area contributed by atoms with Gasteiger partial charge in [-0.15, -0.1) is 0 Å². The molecule has 0 radical (unpaired) electrons. The second-order valence-corrected chi connectivity index (χ2v) is 11.3. The van der Waals surface area contributed by atoms with Gasteiger partial charge in [0.1, 0.15) is 11.7 Å². The molecule has 2 aliphatic rings. The molecule has 1 aromatic carbocycles. The molecule has 1 amide bonds. The second-order valence-electron chi connectivity index (χ2n) is 9.86. The molecule has 1 atom stereocenters. The summed E-state index contributed by atoms with van der Waals surface area (Å²) in [4.78, 5) is 23.8. The summed E-state index contributed by atoms with van der Waals surface area (Å²) in [7, 11) is 1.80. The molecule has 1 fully saturated rings. The number of nitrogens with one attached hydrogen (secondary N) is 1. The molecule has 47 heavy (non-hydrogen) atoms. The lowest BCUT2D eigenvalue weighted by Crippen LogP contribution is -2.38. The van der Waals surface area contributed by atoms with Crippen LogP contribution in [-0.2, 0) is 4.79 Å². The van der Waals surface area contributed by atoms with Crippen LogP contribution in [0.15, 0.2) is 80.6 Å². The lowest BCUT2D eigenvalue weighted by atomic mass is 10.0. The number of fused-ring (bicyclic) bond motifs is 1. The Hall–Kier alpha value is -2.78. The van der Waals surface area contributed by atoms with Gasteiger partial charge in [-0.2, -0.15) is 0 Å². The number of nitrogens with zero attached hydrogens (tertiary/aromatic N) is 3. The molecule has 268 valence electrons. The van der Waals surface area contributed by atoms with E-state index in [1.54, 1.807) is 37.9 Å². The highest BCUT2D eigenvalue weighted by Crippen LogP contribution is 2.33. The molecule has 1 N–H and O–H groups in total. The van der Waals surface area contributed by atoms with E-state index in [0.717, 1.165) is 35.4 Å². The first kappa shape index (κ1) is 48.6. The standard InChI is InChI=1S/C19H26N4OS.C6H4ClF.2C4H10.C2H4F2.C2H6/c1-6-8-17(20-5)16-11-21-19(13(3)25-9-7-2)23-12-15(10-18(16)23)22-14(4)24;7-5-2-1-3-6(8)4-5;2*1-3-4-2;1-2(3)4;1-2/h6-9,15H,3,10-12H2,1-2,4-5H3,(H,22,24);1-4H;2*3-4H2,1-2H3;2H,1H3;1-2H3/b8-6-,9-7-,20-17?;;;;;. The highest BCUT2D eigenvalue weighted by molar-refractivity contribution is 8.06. The topological polar surface area (TPSA) is 57.1 Å². The van der Waals surface area contributed by atoms with Crippen LogP contribution < -0.4 is 5.32 Å². The number of allylic oxidation sites excluding steroid dienone is 3. The molecule has 1 aromatic rings. The molecule has 10 heteroatoms. The summed E-state index contributed by atoms with van der Waals surface area (Å²) in [5.74, 6) is 0.591. The van der Waals surface area contributed by atoms with Gasteiger partial charge < -0.3 is 10.2 Å². The van der Waals surface area contributed by atoms with Crippen molar-refractivity contribution in [2.24, 2.45) is 9.98 Å². The summed E-state index contributed by atoms with van der Waals surface area (Å²) in [6.07, 6.45) is 9.88. The molecule has 0 spiro atoms. The number of benzene rings is 1. The smallest absolute Gasteiger partial charge is 0.235 e. The molecular weight excluding hydrogens is 641 g/mol. The van der Waals surface area contributed by atoms with E-state index in [1.807, 2.05) is 51.3 Å². The Balaban J connectivity index is -0.000000712. The van der Waals surface area contributed by atoms with Crippen molar-refractivity contribution in [1.82, 2.24) is 10.2 Å². The Labute approximate surface area is 293 Å². The predicted octanol–water partition coefficient (Wildman–Crippen LogP) is 11.7. The number of carbonyl (C=O) groups excluding carboxylic acids is 1. The van der Waals surface area contributed by atoms with Crippen LogP contribution in [0.4, 0.5) is 13.2 Å². The van der Waals surface area contributed by atoms with Gasteiger partial charge in [-0.1, -0.05) is 115 Å². The molecule has 0 saturated carbocycles. The Kier molecular flexibility index (Phi) is 32.9. The number of amides is 1. The zero-order valence-electron chi connectivity index (χ0n) is 30.6. The molecule has 0 bridgehead atoms. The molecule has 2 heterocycles. The van der Waals surface area contributed by atoms with Crippen LogP contribution in [-0.4, -0.2) is 55.0 Å². The number of thioether (sulfide) groups is 1. The van der Waals surface area contributed by atoms with Crippen molar-refractivity contribution >= 4 is 40.8 Å². The first-order valence-corrected chi connectivity index (χ1v) is 17.7. The molecule has 1 unspecified atom stereocenters. The van der Waals surface area contributed by atoms with Crippen molar-refractivity contribution < 1.29 is 18.0 Å². The third kappa shape index (κ3) is 24.1. The average molecular weight is 701 g/mol. The first-order chi connectivity index (χ1) is 22.4. The number of amidine groups is 1. The van der Waals surface area contributed by atoms with Gasteiger partial charge in [0.25, 0.3) is 0 Å². The fourth-order valence-corrected chi connectivity index (χ4v) is 4.31. The largest absolute Gasteiger partial charge is 0.351 e. The van der Waals surface area contributed by atoms with Gasteiger partial charge in [0.05, 0.1) is 18.3 Å². The number of alkyl halides is 2. The third-order valence-electron chi connectivity index (χ3n) is 5.82. The summed E-state index contributed by atoms with van der Waals surface area (Å²) in [5, 5.41) is 5.47. The Morgan fingerprint density at radius 3 is 2.09 bits per heavy atom. The third-order valence-corrected chi connectivity index (χ3v) is 6.93. The number of halogens is 4. The number of carbonyl (C=O) groups is 1. The van der Waals surface area contributed by atoms with E-state index in [-0.39, 0.29) is 17.8 Å². The van der Waals surface area contributed by atoms with Crippen molar-refractivity contribution in [3.05, 3.63) is 81.5 Å². The van der Waals surface area contributed by atoms with Crippen LogP contribution >= 0.6 is 23.4 Å². The average Bonchev–Trinajstić information content (AvgIpc) is 3.46. The molecule has 5 nitrogen and oxygen atoms in total. The number of hydrogen-bond donors (Lipinski definition) is 1. The first-order valence-electron chi connectivity index (χ1n) is 16.4. The van der Waals surface area contributed by atoms with Crippen LogP contribution in [0.2, 0.25) is 5.02 Å². The quantitative estimate of drug-likeness (QED) is 0.275. The summed E-state index contributed by atoms with van der Waals surface area (Å²) in [6, 6.07) is 5.89. The molecule has 0 aliphatic carbocycles. The van der Waals surface area contributed by atoms with E-state index in [1.165, 1.54) is 43.5 Å². The monoisotopic (exact) mass is 700 g/mol. The minimum atomic E-state index is -2.17. The van der Waals surface area contributed by atoms with Crippen molar-refractivity contribution in [1.29, 1.82) is 0 Å². The number of unbranched alkanes of at least 4 members (excludes halogenated alkanes) is 2. The van der Waals surface area contributed by atoms with Crippen molar-refractivity contribution in [2.75, 3.05) is 20.1 Å². The van der Waals surface area contributed by atoms with Crippen LogP contribution in [0.25, 0.3) is 0 Å². The van der Waals surface area contributed by atoms with E-state index < -0.39 is 6.43 Å². The van der Waals surface area contributed by atoms with E-state index >= 15 is 0 Å². The zero-order chi connectivity index (χ0) is 36.8. The summed E-state index contributed by atoms with van der Waals surface area (Å²) in [5.41, 5.74) is 3.26. The van der Waals surface area contributed by atoms with Crippen LogP contribution in [0.5, 0.6) is 0 Å². The van der Waals surface area contributed by atoms with E-state index in [0.29, 0.717) is 18.1 Å². The fourth-order valence-electron chi connectivity index (χ4n) is 3.55. The van der Waals surface area contributed by atoms with Gasteiger partial charge in [0.15, 0.2) is 0 Å². The normalized spacial score (nSPS) is 15.0. The number of aliphatic imine (C=N–C) groups is 2. The van der Waals surface area contributed by atoms with Crippen molar-refractivity contribution in [3.8, 4) is 0 Å². The Bertz CT molecular complexity index is 1120. The lowest BCUT2D eigenvalue weighted by molar-refractivity contribution is -0.119. The van der Waals surface area contributed by atoms with Crippen molar-refractivity contribution in [3.63, 3.8) is 0 Å². The van der Waals surface area contributed by atoms with Gasteiger partial charge in [0.2, 0.25) is 12.3 Å². The summed E-state index contributed by atoms with van der Waals surface area (Å²) < 4.78 is 32.7. The fraction of sp³-hybridized carbons (Fsp3) is 0.541. The SMILES string of the molecule is C=C(S/C=C\C)C1=NCC(C(/C=C\C)=NC)=C2CC(NC(C)=O)CN12.CC.CC(F)F.CCCC.CCCC.Fc1cccc(Cl)c1. The lowest BCUT2D eigenvalue weighted by Gasteiger charge is -2.29. The summed E-state index contributed by atoms with van der Waals surface area (Å²) >= 11 is 6.98. The number of hydrogen-bond acceptors (Lipinski definition) is 5. The van der Waals surface area contributed by atoms with Crippen molar-refractivity contribution in [2.45, 2.75) is 114 Å². The maximum Gasteiger partial charge on any atom is 0.235 e. The van der Waals surface area contributed by atoms with Crippen LogP contribution in [0, 0.1) is 5.82 Å². The predicted molar refractivity (Wildman–Crippen MR) is 204 cm³/mol. The second kappa shape index (κ2) is 31.8. The number of rotatable bonds is 8. The molecular formula is C37H60ClF3N4OS.